The van der Waals surface area contributed by atoms with E-state index < -0.39 is 5.97 Å². The summed E-state index contributed by atoms with van der Waals surface area (Å²) in [5.74, 6) is -0.921. The molecule has 0 atom stereocenters. The number of aromatic carboxylic acids is 1. The first kappa shape index (κ1) is 13.0. The topological polar surface area (TPSA) is 61.6 Å². The van der Waals surface area contributed by atoms with E-state index in [9.17, 15) is 4.79 Å². The van der Waals surface area contributed by atoms with Gasteiger partial charge in [0.25, 0.3) is 0 Å². The summed E-state index contributed by atoms with van der Waals surface area (Å²) in [7, 11) is 3.80. The predicted molar refractivity (Wildman–Crippen MR) is 67.8 cm³/mol. The second kappa shape index (κ2) is 5.49. The van der Waals surface area contributed by atoms with Crippen LogP contribution in [0.4, 0.5) is 0 Å². The minimum atomic E-state index is -0.921. The highest BCUT2D eigenvalue weighted by Gasteiger charge is 2.15. The van der Waals surface area contributed by atoms with E-state index in [0.717, 1.165) is 44.8 Å². The Morgan fingerprint density at radius 2 is 2.00 bits per heavy atom. The van der Waals surface area contributed by atoms with Gasteiger partial charge in [-0.3, -0.25) is 4.68 Å². The van der Waals surface area contributed by atoms with Crippen molar-refractivity contribution >= 4 is 5.97 Å². The van der Waals surface area contributed by atoms with Gasteiger partial charge in [-0.25, -0.2) is 4.79 Å². The number of hydrogen-bond acceptors (Lipinski definition) is 4. The van der Waals surface area contributed by atoms with Crippen molar-refractivity contribution in [2.45, 2.75) is 6.42 Å². The van der Waals surface area contributed by atoms with Crippen LogP contribution in [0.3, 0.4) is 0 Å². The second-order valence-electron chi connectivity index (χ2n) is 4.84. The number of hydrogen-bond donors (Lipinski definition) is 1. The van der Waals surface area contributed by atoms with Crippen molar-refractivity contribution in [3.63, 3.8) is 0 Å². The van der Waals surface area contributed by atoms with Gasteiger partial charge in [0.1, 0.15) is 5.69 Å². The molecule has 0 saturated carbocycles. The van der Waals surface area contributed by atoms with Crippen LogP contribution in [0.2, 0.25) is 0 Å². The van der Waals surface area contributed by atoms with E-state index in [1.165, 1.54) is 4.68 Å². The van der Waals surface area contributed by atoms with Crippen molar-refractivity contribution in [2.75, 3.05) is 39.8 Å². The lowest BCUT2D eigenvalue weighted by Crippen LogP contribution is -2.45. The molecule has 1 aromatic heterocycles. The van der Waals surface area contributed by atoms with Crippen LogP contribution in [-0.2, 0) is 13.5 Å². The third-order valence-electron chi connectivity index (χ3n) is 3.43. The molecule has 18 heavy (non-hydrogen) atoms. The van der Waals surface area contributed by atoms with E-state index >= 15 is 0 Å². The van der Waals surface area contributed by atoms with Gasteiger partial charge in [-0.1, -0.05) is 0 Å². The lowest BCUT2D eigenvalue weighted by molar-refractivity contribution is 0.0685. The van der Waals surface area contributed by atoms with Crippen LogP contribution in [-0.4, -0.2) is 70.4 Å². The molecule has 1 aliphatic heterocycles. The number of carbonyl (C=O) groups is 1. The minimum absolute atomic E-state index is 0.253. The molecular formula is C12H20N4O2. The van der Waals surface area contributed by atoms with Crippen molar-refractivity contribution < 1.29 is 9.90 Å². The number of carboxylic acids is 1. The molecule has 2 heterocycles. The first-order chi connectivity index (χ1) is 8.56. The van der Waals surface area contributed by atoms with Gasteiger partial charge >= 0.3 is 5.97 Å². The molecule has 1 N–H and O–H groups in total. The Morgan fingerprint density at radius 3 is 2.56 bits per heavy atom. The van der Waals surface area contributed by atoms with Crippen LogP contribution < -0.4 is 0 Å². The smallest absolute Gasteiger partial charge is 0.354 e. The normalized spacial score (nSPS) is 18.1. The van der Waals surface area contributed by atoms with Gasteiger partial charge < -0.3 is 14.9 Å². The van der Waals surface area contributed by atoms with Crippen molar-refractivity contribution in [1.29, 1.82) is 0 Å². The van der Waals surface area contributed by atoms with E-state index in [2.05, 4.69) is 21.9 Å². The molecule has 6 nitrogen and oxygen atoms in total. The third-order valence-corrected chi connectivity index (χ3v) is 3.43. The summed E-state index contributed by atoms with van der Waals surface area (Å²) in [5.41, 5.74) is 1.11. The molecule has 0 aromatic carbocycles. The van der Waals surface area contributed by atoms with E-state index in [4.69, 9.17) is 5.11 Å². The van der Waals surface area contributed by atoms with Gasteiger partial charge in [-0.05, 0) is 13.1 Å². The number of likely N-dealkylation sites (N-methyl/N-ethyl adjacent to an activating group) is 1. The van der Waals surface area contributed by atoms with Crippen molar-refractivity contribution in [3.8, 4) is 0 Å². The standard InChI is InChI=1S/C12H20N4O2/c1-14-5-7-16(8-6-14)4-3-10-9-11(12(17)18)15(2)13-10/h9H,3-8H2,1-2H3,(H,17,18). The van der Waals surface area contributed by atoms with Crippen molar-refractivity contribution in [1.82, 2.24) is 19.6 Å². The molecule has 1 fully saturated rings. The Bertz CT molecular complexity index is 422. The highest BCUT2D eigenvalue weighted by atomic mass is 16.4. The predicted octanol–water partition coefficient (Wildman–Crippen LogP) is -0.0918. The van der Waals surface area contributed by atoms with Gasteiger partial charge in [0.2, 0.25) is 0 Å². The summed E-state index contributed by atoms with van der Waals surface area (Å²) in [5, 5.41) is 13.2. The van der Waals surface area contributed by atoms with E-state index in [-0.39, 0.29) is 5.69 Å². The molecule has 0 spiro atoms. The number of aromatic nitrogens is 2. The van der Waals surface area contributed by atoms with Crippen LogP contribution in [0.25, 0.3) is 0 Å². The number of piperazine rings is 1. The number of aryl methyl sites for hydroxylation is 1. The van der Waals surface area contributed by atoms with Gasteiger partial charge in [0, 0.05) is 46.2 Å². The zero-order valence-corrected chi connectivity index (χ0v) is 11.0. The molecule has 0 unspecified atom stereocenters. The quantitative estimate of drug-likeness (QED) is 0.811. The molecular weight excluding hydrogens is 232 g/mol. The summed E-state index contributed by atoms with van der Waals surface area (Å²) in [4.78, 5) is 15.6. The molecule has 6 heteroatoms. The lowest BCUT2D eigenvalue weighted by atomic mass is 10.2. The maximum atomic E-state index is 10.9. The summed E-state index contributed by atoms with van der Waals surface area (Å²) < 4.78 is 1.43. The minimum Gasteiger partial charge on any atom is -0.477 e. The Kier molecular flexibility index (Phi) is 3.98. The monoisotopic (exact) mass is 252 g/mol. The fourth-order valence-electron chi connectivity index (χ4n) is 2.19. The first-order valence-corrected chi connectivity index (χ1v) is 6.23. The molecule has 1 aromatic rings. The Labute approximate surface area is 107 Å². The number of rotatable bonds is 4. The van der Waals surface area contributed by atoms with Crippen LogP contribution >= 0.6 is 0 Å². The van der Waals surface area contributed by atoms with E-state index in [1.807, 2.05) is 0 Å². The maximum absolute atomic E-state index is 10.9. The Hall–Kier alpha value is -1.40. The SMILES string of the molecule is CN1CCN(CCc2cc(C(=O)O)n(C)n2)CC1. The van der Waals surface area contributed by atoms with Gasteiger partial charge in [-0.15, -0.1) is 0 Å². The number of nitrogens with zero attached hydrogens (tertiary/aromatic N) is 4. The zero-order valence-electron chi connectivity index (χ0n) is 11.0. The molecule has 100 valence electrons. The molecule has 2 rings (SSSR count). The summed E-state index contributed by atoms with van der Waals surface area (Å²) in [6, 6.07) is 1.67. The Balaban J connectivity index is 1.86. The zero-order chi connectivity index (χ0) is 13.1. The highest BCUT2D eigenvalue weighted by molar-refractivity contribution is 5.85. The van der Waals surface area contributed by atoms with Crippen molar-refractivity contribution in [3.05, 3.63) is 17.5 Å². The lowest BCUT2D eigenvalue weighted by Gasteiger charge is -2.32. The molecule has 0 amide bonds. The number of carboxylic acid groups (broad SMARTS) is 1. The van der Waals surface area contributed by atoms with E-state index in [0.29, 0.717) is 0 Å². The molecule has 0 aliphatic carbocycles. The first-order valence-electron chi connectivity index (χ1n) is 6.23. The van der Waals surface area contributed by atoms with Crippen LogP contribution in [0.1, 0.15) is 16.2 Å². The van der Waals surface area contributed by atoms with E-state index in [1.54, 1.807) is 13.1 Å². The molecule has 0 radical (unpaired) electrons. The fraction of sp³-hybridized carbons (Fsp3) is 0.667. The molecule has 1 aliphatic rings. The van der Waals surface area contributed by atoms with Crippen LogP contribution in [0.5, 0.6) is 0 Å². The molecule has 0 bridgehead atoms. The van der Waals surface area contributed by atoms with Crippen LogP contribution in [0, 0.1) is 0 Å². The molecule has 1 saturated heterocycles. The van der Waals surface area contributed by atoms with Gasteiger partial charge in [0.15, 0.2) is 0 Å². The Morgan fingerprint density at radius 1 is 1.33 bits per heavy atom. The summed E-state index contributed by atoms with van der Waals surface area (Å²) in [6.07, 6.45) is 0.810. The maximum Gasteiger partial charge on any atom is 0.354 e. The summed E-state index contributed by atoms with van der Waals surface area (Å²) in [6.45, 7) is 5.30. The van der Waals surface area contributed by atoms with Gasteiger partial charge in [0.05, 0.1) is 5.69 Å². The van der Waals surface area contributed by atoms with Crippen LogP contribution in [0.15, 0.2) is 6.07 Å². The fourth-order valence-corrected chi connectivity index (χ4v) is 2.19. The largest absolute Gasteiger partial charge is 0.477 e. The van der Waals surface area contributed by atoms with Crippen molar-refractivity contribution in [2.24, 2.45) is 7.05 Å². The second-order valence-corrected chi connectivity index (χ2v) is 4.84. The average Bonchev–Trinajstić information content (AvgIpc) is 2.70. The highest BCUT2D eigenvalue weighted by Crippen LogP contribution is 2.06. The average molecular weight is 252 g/mol. The third kappa shape index (κ3) is 3.08. The van der Waals surface area contributed by atoms with Gasteiger partial charge in [-0.2, -0.15) is 5.10 Å². The summed E-state index contributed by atoms with van der Waals surface area (Å²) >= 11 is 0.